The molecule has 0 atom stereocenters. The minimum atomic E-state index is 0.683. The minimum absolute atomic E-state index is 0.683. The second kappa shape index (κ2) is 19.6. The zero-order chi connectivity index (χ0) is 23.3. The van der Waals surface area contributed by atoms with E-state index in [0.717, 1.165) is 24.3 Å². The van der Waals surface area contributed by atoms with Gasteiger partial charge in [0.15, 0.2) is 11.5 Å². The summed E-state index contributed by atoms with van der Waals surface area (Å²) < 4.78 is 12.1. The summed E-state index contributed by atoms with van der Waals surface area (Å²) in [5.74, 6) is 6.80. The lowest BCUT2D eigenvalue weighted by Gasteiger charge is -2.14. The molecule has 2 heteroatoms. The Kier molecular flexibility index (Phi) is 17.1. The van der Waals surface area contributed by atoms with Gasteiger partial charge in [-0.15, -0.1) is 12.8 Å². The van der Waals surface area contributed by atoms with Crippen LogP contribution in [0.2, 0.25) is 0 Å². The van der Waals surface area contributed by atoms with Crippen LogP contribution in [0.4, 0.5) is 0 Å². The fourth-order valence-electron chi connectivity index (χ4n) is 3.86. The highest BCUT2D eigenvalue weighted by Gasteiger charge is 2.11. The van der Waals surface area contributed by atoms with Crippen LogP contribution in [0.15, 0.2) is 12.1 Å². The van der Waals surface area contributed by atoms with Gasteiger partial charge in [-0.2, -0.15) is 0 Å². The molecule has 0 heterocycles. The van der Waals surface area contributed by atoms with E-state index in [1.807, 2.05) is 12.1 Å². The van der Waals surface area contributed by atoms with Crippen LogP contribution in [0.25, 0.3) is 0 Å². The highest BCUT2D eigenvalue weighted by molar-refractivity contribution is 5.57. The highest BCUT2D eigenvalue weighted by atomic mass is 16.5. The minimum Gasteiger partial charge on any atom is -0.490 e. The Balaban J connectivity index is 2.41. The molecule has 0 fully saturated rings. The molecule has 0 N–H and O–H groups in total. The molecule has 1 aromatic carbocycles. The molecule has 0 aromatic heterocycles. The molecule has 0 amide bonds. The molecule has 0 bridgehead atoms. The number of unbranched alkanes of at least 4 members (excludes halogenated alkanes) is 14. The van der Waals surface area contributed by atoms with Crippen molar-refractivity contribution in [1.82, 2.24) is 0 Å². The monoisotopic (exact) mass is 438 g/mol. The first-order valence-electron chi connectivity index (χ1n) is 13.1. The van der Waals surface area contributed by atoms with Crippen molar-refractivity contribution in [3.63, 3.8) is 0 Å². The lowest BCUT2D eigenvalue weighted by atomic mass is 10.1. The maximum Gasteiger partial charge on any atom is 0.162 e. The quantitative estimate of drug-likeness (QED) is 0.150. The Morgan fingerprint density at radius 2 is 0.844 bits per heavy atom. The molecule has 32 heavy (non-hydrogen) atoms. The van der Waals surface area contributed by atoms with E-state index in [2.05, 4.69) is 25.7 Å². The highest BCUT2D eigenvalue weighted by Crippen LogP contribution is 2.31. The summed E-state index contributed by atoms with van der Waals surface area (Å²) in [7, 11) is 0. The Hall–Kier alpha value is -2.06. The number of benzene rings is 1. The first kappa shape index (κ1) is 28.0. The number of hydrogen-bond acceptors (Lipinski definition) is 2. The van der Waals surface area contributed by atoms with Crippen LogP contribution < -0.4 is 9.47 Å². The third kappa shape index (κ3) is 12.7. The maximum atomic E-state index is 6.07. The van der Waals surface area contributed by atoms with Gasteiger partial charge in [-0.25, -0.2) is 0 Å². The predicted molar refractivity (Wildman–Crippen MR) is 139 cm³/mol. The first-order valence-corrected chi connectivity index (χ1v) is 13.1. The smallest absolute Gasteiger partial charge is 0.162 e. The molecule has 0 aliphatic heterocycles. The van der Waals surface area contributed by atoms with Gasteiger partial charge in [0.1, 0.15) is 0 Å². The molecular weight excluding hydrogens is 392 g/mol. The normalized spacial score (nSPS) is 10.5. The van der Waals surface area contributed by atoms with Gasteiger partial charge in [-0.3, -0.25) is 0 Å². The zero-order valence-corrected chi connectivity index (χ0v) is 20.9. The van der Waals surface area contributed by atoms with Gasteiger partial charge in [0, 0.05) is 23.3 Å². The molecule has 0 saturated carbocycles. The molecule has 0 saturated heterocycles. The Morgan fingerprint density at radius 1 is 0.531 bits per heavy atom. The maximum absolute atomic E-state index is 6.07. The lowest BCUT2D eigenvalue weighted by Crippen LogP contribution is -2.04. The van der Waals surface area contributed by atoms with E-state index < -0.39 is 0 Å². The average molecular weight is 439 g/mol. The molecular formula is C30H46O2. The third-order valence-electron chi connectivity index (χ3n) is 5.91. The van der Waals surface area contributed by atoms with Gasteiger partial charge in [-0.05, 0) is 12.8 Å². The second-order valence-electron chi connectivity index (χ2n) is 8.78. The summed E-state index contributed by atoms with van der Waals surface area (Å²) in [6.07, 6.45) is 31.7. The van der Waals surface area contributed by atoms with Crippen LogP contribution in [0.5, 0.6) is 11.5 Å². The molecule has 0 aliphatic rings. The number of terminal acetylenes is 2. The SMILES string of the molecule is C#Cc1cc(OCCCCCCCCCC)c(OCCCCCCCCCC)cc1C#C. The van der Waals surface area contributed by atoms with Crippen molar-refractivity contribution in [3.8, 4) is 36.2 Å². The standard InChI is InChI=1S/C30H46O2/c1-5-9-11-13-15-17-19-21-23-31-29-25-27(7-3)28(8-4)26-30(29)32-24-22-20-18-16-14-12-10-6-2/h3-4,25-26H,5-6,9-24H2,1-2H3. The molecule has 178 valence electrons. The number of ether oxygens (including phenoxy) is 2. The molecule has 1 aromatic rings. The zero-order valence-electron chi connectivity index (χ0n) is 20.9. The van der Waals surface area contributed by atoms with E-state index >= 15 is 0 Å². The van der Waals surface area contributed by atoms with E-state index in [1.165, 1.54) is 89.9 Å². The van der Waals surface area contributed by atoms with Gasteiger partial charge < -0.3 is 9.47 Å². The average Bonchev–Trinajstić information content (AvgIpc) is 2.82. The van der Waals surface area contributed by atoms with Crippen molar-refractivity contribution in [2.24, 2.45) is 0 Å². The van der Waals surface area contributed by atoms with E-state index in [1.54, 1.807) is 0 Å². The van der Waals surface area contributed by atoms with E-state index in [0.29, 0.717) is 24.3 Å². The lowest BCUT2D eigenvalue weighted by molar-refractivity contribution is 0.258. The van der Waals surface area contributed by atoms with Crippen LogP contribution in [-0.2, 0) is 0 Å². The summed E-state index contributed by atoms with van der Waals surface area (Å²) in [6.45, 7) is 5.88. The summed E-state index contributed by atoms with van der Waals surface area (Å²) in [5.41, 5.74) is 1.38. The summed E-state index contributed by atoms with van der Waals surface area (Å²) in [6, 6.07) is 3.73. The summed E-state index contributed by atoms with van der Waals surface area (Å²) in [5, 5.41) is 0. The van der Waals surface area contributed by atoms with Crippen LogP contribution in [-0.4, -0.2) is 13.2 Å². The van der Waals surface area contributed by atoms with E-state index in [9.17, 15) is 0 Å². The summed E-state index contributed by atoms with van der Waals surface area (Å²) >= 11 is 0. The molecule has 0 aliphatic carbocycles. The van der Waals surface area contributed by atoms with Gasteiger partial charge in [0.25, 0.3) is 0 Å². The fraction of sp³-hybridized carbons (Fsp3) is 0.667. The largest absolute Gasteiger partial charge is 0.490 e. The van der Waals surface area contributed by atoms with E-state index in [4.69, 9.17) is 22.3 Å². The van der Waals surface area contributed by atoms with Crippen molar-refractivity contribution < 1.29 is 9.47 Å². The van der Waals surface area contributed by atoms with Crippen LogP contribution in [0, 0.1) is 24.7 Å². The molecule has 0 radical (unpaired) electrons. The van der Waals surface area contributed by atoms with Gasteiger partial charge >= 0.3 is 0 Å². The third-order valence-corrected chi connectivity index (χ3v) is 5.91. The van der Waals surface area contributed by atoms with Gasteiger partial charge in [0.2, 0.25) is 0 Å². The van der Waals surface area contributed by atoms with E-state index in [-0.39, 0.29) is 0 Å². The van der Waals surface area contributed by atoms with Crippen molar-refractivity contribution in [2.75, 3.05) is 13.2 Å². The molecule has 2 nitrogen and oxygen atoms in total. The van der Waals surface area contributed by atoms with Crippen LogP contribution in [0.1, 0.15) is 128 Å². The predicted octanol–water partition coefficient (Wildman–Crippen LogP) is 8.69. The van der Waals surface area contributed by atoms with Crippen LogP contribution in [0.3, 0.4) is 0 Å². The molecule has 0 spiro atoms. The Bertz CT molecular complexity index is 618. The number of rotatable bonds is 20. The summed E-state index contributed by atoms with van der Waals surface area (Å²) in [4.78, 5) is 0. The first-order chi connectivity index (χ1) is 15.8. The van der Waals surface area contributed by atoms with Gasteiger partial charge in [-0.1, -0.05) is 116 Å². The van der Waals surface area contributed by atoms with Crippen molar-refractivity contribution >= 4 is 0 Å². The van der Waals surface area contributed by atoms with Crippen LogP contribution >= 0.6 is 0 Å². The Labute approximate surface area is 198 Å². The molecule has 0 unspecified atom stereocenters. The Morgan fingerprint density at radius 3 is 1.16 bits per heavy atom. The topological polar surface area (TPSA) is 18.5 Å². The van der Waals surface area contributed by atoms with Crippen molar-refractivity contribution in [3.05, 3.63) is 23.3 Å². The van der Waals surface area contributed by atoms with Crippen molar-refractivity contribution in [1.29, 1.82) is 0 Å². The van der Waals surface area contributed by atoms with Crippen molar-refractivity contribution in [2.45, 2.75) is 117 Å². The second-order valence-corrected chi connectivity index (χ2v) is 8.78. The van der Waals surface area contributed by atoms with Gasteiger partial charge in [0.05, 0.1) is 13.2 Å². The molecule has 1 rings (SSSR count). The fourth-order valence-corrected chi connectivity index (χ4v) is 3.86. The number of hydrogen-bond donors (Lipinski definition) is 0.